The van der Waals surface area contributed by atoms with Gasteiger partial charge in [0.1, 0.15) is 5.75 Å². The highest BCUT2D eigenvalue weighted by Gasteiger charge is 2.09. The fourth-order valence-electron chi connectivity index (χ4n) is 2.64. The minimum absolute atomic E-state index is 0.301. The number of hydrogen-bond donors (Lipinski definition) is 2. The fourth-order valence-corrected chi connectivity index (χ4v) is 3.05. The molecule has 134 valence electrons. The van der Waals surface area contributed by atoms with E-state index in [0.717, 1.165) is 53.6 Å². The van der Waals surface area contributed by atoms with E-state index >= 15 is 0 Å². The molecule has 0 atom stereocenters. The Balaban J connectivity index is 2.03. The van der Waals surface area contributed by atoms with Crippen LogP contribution in [0.25, 0.3) is 0 Å². The number of carboxylic acids is 1. The molecule has 0 bridgehead atoms. The Bertz CT molecular complexity index is 703. The van der Waals surface area contributed by atoms with Crippen LogP contribution in [0.1, 0.15) is 47.2 Å². The number of aromatic carboxylic acids is 1. The van der Waals surface area contributed by atoms with Gasteiger partial charge in [-0.1, -0.05) is 40.9 Å². The molecule has 0 aromatic heterocycles. The minimum Gasteiger partial charge on any atom is -0.493 e. The van der Waals surface area contributed by atoms with Gasteiger partial charge >= 0.3 is 5.97 Å². The number of carbonyl (C=O) groups is 1. The van der Waals surface area contributed by atoms with Gasteiger partial charge in [-0.3, -0.25) is 0 Å². The third-order valence-electron chi connectivity index (χ3n) is 3.95. The van der Waals surface area contributed by atoms with Crippen LogP contribution in [-0.2, 0) is 6.42 Å². The van der Waals surface area contributed by atoms with Crippen molar-refractivity contribution in [3.8, 4) is 5.75 Å². The molecule has 0 unspecified atom stereocenters. The molecule has 0 aliphatic heterocycles. The molecule has 0 saturated heterocycles. The molecule has 0 aliphatic rings. The van der Waals surface area contributed by atoms with Gasteiger partial charge in [0, 0.05) is 10.9 Å². The van der Waals surface area contributed by atoms with Crippen LogP contribution >= 0.6 is 15.9 Å². The van der Waals surface area contributed by atoms with E-state index in [-0.39, 0.29) is 0 Å². The van der Waals surface area contributed by atoms with E-state index in [9.17, 15) is 4.79 Å². The summed E-state index contributed by atoms with van der Waals surface area (Å²) in [5.74, 6) is -0.0622. The summed E-state index contributed by atoms with van der Waals surface area (Å²) in [7, 11) is 0. The maximum absolute atomic E-state index is 11.1. The second-order valence-electron chi connectivity index (χ2n) is 5.99. The molecule has 0 spiro atoms. The number of hydrogen-bond acceptors (Lipinski definition) is 3. The molecule has 2 aromatic rings. The number of rotatable bonds is 10. The van der Waals surface area contributed by atoms with Crippen molar-refractivity contribution in [1.82, 2.24) is 0 Å². The van der Waals surface area contributed by atoms with E-state index in [4.69, 9.17) is 15.6 Å². The average Bonchev–Trinajstić information content (AvgIpc) is 2.60. The number of carboxylic acid groups (broad SMARTS) is 1. The van der Waals surface area contributed by atoms with Gasteiger partial charge in [0.25, 0.3) is 0 Å². The largest absolute Gasteiger partial charge is 0.493 e. The van der Waals surface area contributed by atoms with Crippen molar-refractivity contribution in [3.63, 3.8) is 0 Å². The van der Waals surface area contributed by atoms with Crippen LogP contribution in [-0.4, -0.2) is 24.2 Å². The highest BCUT2D eigenvalue weighted by atomic mass is 79.9. The van der Waals surface area contributed by atoms with Crippen molar-refractivity contribution < 1.29 is 14.6 Å². The molecular formula is C20H24BrNO3. The third-order valence-corrected chi connectivity index (χ3v) is 4.44. The van der Waals surface area contributed by atoms with Crippen LogP contribution in [0, 0.1) is 0 Å². The van der Waals surface area contributed by atoms with Gasteiger partial charge in [-0.05, 0) is 60.8 Å². The molecule has 0 amide bonds. The first-order valence-electron chi connectivity index (χ1n) is 8.53. The first-order valence-corrected chi connectivity index (χ1v) is 9.33. The van der Waals surface area contributed by atoms with Gasteiger partial charge in [0.05, 0.1) is 12.2 Å². The van der Waals surface area contributed by atoms with E-state index < -0.39 is 5.97 Å². The van der Waals surface area contributed by atoms with Crippen molar-refractivity contribution in [1.29, 1.82) is 0 Å². The molecule has 4 nitrogen and oxygen atoms in total. The maximum Gasteiger partial charge on any atom is 0.335 e. The van der Waals surface area contributed by atoms with E-state index in [1.165, 1.54) is 0 Å². The summed E-state index contributed by atoms with van der Waals surface area (Å²) in [6, 6.07) is 13.0. The van der Waals surface area contributed by atoms with Crippen molar-refractivity contribution in [3.05, 3.63) is 63.6 Å². The zero-order chi connectivity index (χ0) is 18.1. The summed E-state index contributed by atoms with van der Waals surface area (Å²) in [5, 5.41) is 9.14. The Morgan fingerprint density at radius 2 is 1.88 bits per heavy atom. The third kappa shape index (κ3) is 6.52. The molecule has 5 heteroatoms. The van der Waals surface area contributed by atoms with Crippen LogP contribution in [0.4, 0.5) is 0 Å². The molecule has 2 rings (SSSR count). The molecule has 0 saturated carbocycles. The van der Waals surface area contributed by atoms with Crippen molar-refractivity contribution in [2.75, 3.05) is 13.2 Å². The Kier molecular flexibility index (Phi) is 7.95. The second kappa shape index (κ2) is 10.2. The second-order valence-corrected chi connectivity index (χ2v) is 6.90. The smallest absolute Gasteiger partial charge is 0.335 e. The zero-order valence-electron chi connectivity index (χ0n) is 14.2. The fraction of sp³-hybridized carbons (Fsp3) is 0.350. The van der Waals surface area contributed by atoms with Crippen molar-refractivity contribution in [2.24, 2.45) is 5.73 Å². The lowest BCUT2D eigenvalue weighted by molar-refractivity contribution is 0.0696. The molecule has 3 N–H and O–H groups in total. The highest BCUT2D eigenvalue weighted by Crippen LogP contribution is 2.26. The molecule has 2 aromatic carbocycles. The lowest BCUT2D eigenvalue weighted by Gasteiger charge is -2.13. The summed E-state index contributed by atoms with van der Waals surface area (Å²) in [6.45, 7) is 1.42. The van der Waals surface area contributed by atoms with Gasteiger partial charge in [-0.15, -0.1) is 0 Å². The Hall–Kier alpha value is -1.85. The quantitative estimate of drug-likeness (QED) is 0.564. The van der Waals surface area contributed by atoms with Crippen LogP contribution in [0.2, 0.25) is 0 Å². The first-order chi connectivity index (χ1) is 12.1. The van der Waals surface area contributed by atoms with Gasteiger partial charge < -0.3 is 15.6 Å². The number of nitrogens with two attached hydrogens (primary N) is 1. The molecule has 0 aliphatic carbocycles. The van der Waals surface area contributed by atoms with E-state index in [1.54, 1.807) is 18.2 Å². The molecule has 0 fully saturated rings. The summed E-state index contributed by atoms with van der Waals surface area (Å²) in [5.41, 5.74) is 7.79. The predicted molar refractivity (Wildman–Crippen MR) is 103 cm³/mol. The number of benzene rings is 2. The van der Waals surface area contributed by atoms with E-state index in [2.05, 4.69) is 15.9 Å². The number of ether oxygens (including phenoxy) is 1. The van der Waals surface area contributed by atoms with E-state index in [1.807, 2.05) is 24.3 Å². The SMILES string of the molecule is NCCCCCCOc1ccc(Br)cc1Cc1cccc(C(=O)O)c1. The average molecular weight is 406 g/mol. The van der Waals surface area contributed by atoms with E-state index in [0.29, 0.717) is 18.6 Å². The van der Waals surface area contributed by atoms with Crippen molar-refractivity contribution in [2.45, 2.75) is 32.1 Å². The number of unbranched alkanes of at least 4 members (excludes halogenated alkanes) is 3. The molecule has 0 radical (unpaired) electrons. The van der Waals surface area contributed by atoms with Crippen LogP contribution in [0.15, 0.2) is 46.9 Å². The molecule has 0 heterocycles. The summed E-state index contributed by atoms with van der Waals surface area (Å²) >= 11 is 3.50. The van der Waals surface area contributed by atoms with Gasteiger partial charge in [-0.2, -0.15) is 0 Å². The van der Waals surface area contributed by atoms with Crippen LogP contribution in [0.5, 0.6) is 5.75 Å². The predicted octanol–water partition coefficient (Wildman–Crippen LogP) is 4.64. The van der Waals surface area contributed by atoms with Gasteiger partial charge in [-0.25, -0.2) is 4.79 Å². The molecule has 25 heavy (non-hydrogen) atoms. The summed E-state index contributed by atoms with van der Waals surface area (Å²) < 4.78 is 6.93. The highest BCUT2D eigenvalue weighted by molar-refractivity contribution is 9.10. The molecular weight excluding hydrogens is 382 g/mol. The normalized spacial score (nSPS) is 10.6. The van der Waals surface area contributed by atoms with Crippen molar-refractivity contribution >= 4 is 21.9 Å². The summed E-state index contributed by atoms with van der Waals surface area (Å²) in [4.78, 5) is 11.1. The topological polar surface area (TPSA) is 72.5 Å². The van der Waals surface area contributed by atoms with Gasteiger partial charge in [0.2, 0.25) is 0 Å². The Labute approximate surface area is 157 Å². The van der Waals surface area contributed by atoms with Gasteiger partial charge in [0.15, 0.2) is 0 Å². The lowest BCUT2D eigenvalue weighted by Crippen LogP contribution is -2.03. The summed E-state index contributed by atoms with van der Waals surface area (Å²) in [6.07, 6.45) is 4.94. The first kappa shape index (κ1) is 19.5. The monoisotopic (exact) mass is 405 g/mol. The standard InChI is InChI=1S/C20H24BrNO3/c21-18-8-9-19(25-11-4-2-1-3-10-22)17(14-18)13-15-6-5-7-16(12-15)20(23)24/h5-9,12,14H,1-4,10-11,13,22H2,(H,23,24). The minimum atomic E-state index is -0.912. The zero-order valence-corrected chi connectivity index (χ0v) is 15.8. The Morgan fingerprint density at radius 1 is 1.08 bits per heavy atom. The number of halogens is 1. The Morgan fingerprint density at radius 3 is 2.64 bits per heavy atom. The van der Waals surface area contributed by atoms with Crippen LogP contribution in [0.3, 0.4) is 0 Å². The lowest BCUT2D eigenvalue weighted by atomic mass is 10.0. The maximum atomic E-state index is 11.1. The van der Waals surface area contributed by atoms with Crippen LogP contribution < -0.4 is 10.5 Å².